The molecule has 3 N–H and O–H groups in total. The van der Waals surface area contributed by atoms with Gasteiger partial charge in [0.1, 0.15) is 23.7 Å². The fourth-order valence-electron chi connectivity index (χ4n) is 3.73. The highest BCUT2D eigenvalue weighted by Crippen LogP contribution is 2.46. The van der Waals surface area contributed by atoms with Crippen molar-refractivity contribution < 1.29 is 23.5 Å². The van der Waals surface area contributed by atoms with E-state index >= 15 is 0 Å². The molecule has 0 bridgehead atoms. The number of nitrogen functional groups attached to an aromatic ring is 1. The number of rotatable bonds is 16. The molecule has 2 heterocycles. The van der Waals surface area contributed by atoms with Crippen LogP contribution < -0.4 is 10.8 Å². The van der Waals surface area contributed by atoms with E-state index in [9.17, 15) is 9.36 Å². The molecular formula is C25H44N7O5P. The van der Waals surface area contributed by atoms with Crippen molar-refractivity contribution in [3.8, 4) is 0 Å². The summed E-state index contributed by atoms with van der Waals surface area (Å²) in [5, 5.41) is 7.16. The lowest BCUT2D eigenvalue weighted by atomic mass is 9.99. The number of carbonyl (C=O) groups excluding carboxylic acids is 1. The van der Waals surface area contributed by atoms with Gasteiger partial charge in [0, 0.05) is 0 Å². The van der Waals surface area contributed by atoms with E-state index in [1.54, 1.807) is 24.7 Å². The lowest BCUT2D eigenvalue weighted by molar-refractivity contribution is -0.149. The number of imidazole rings is 1. The number of carbonyl (C=O) groups is 1. The molecule has 2 unspecified atom stereocenters. The van der Waals surface area contributed by atoms with Gasteiger partial charge in [-0.1, -0.05) is 39.8 Å². The van der Waals surface area contributed by atoms with E-state index in [0.717, 1.165) is 5.71 Å². The third-order valence-corrected chi connectivity index (χ3v) is 7.13. The molecule has 13 heteroatoms. The molecule has 12 nitrogen and oxygen atoms in total. The predicted molar refractivity (Wildman–Crippen MR) is 149 cm³/mol. The first-order valence-electron chi connectivity index (χ1n) is 13.1. The molecule has 0 fully saturated rings. The van der Waals surface area contributed by atoms with Crippen LogP contribution in [0.15, 0.2) is 17.8 Å². The summed E-state index contributed by atoms with van der Waals surface area (Å²) in [6.45, 7) is 15.9. The van der Waals surface area contributed by atoms with Crippen LogP contribution >= 0.6 is 7.52 Å². The predicted octanol–water partition coefficient (Wildman–Crippen LogP) is 4.75. The Morgan fingerprint density at radius 3 is 2.42 bits per heavy atom. The standard InChI is InChI=1S/C25H44N7O5P/c1-9-10-35-24(33)25(7,8)31-38(34,37-30-20(11-17(2)3)12-18(4)5)16-36-19(6)13-32-15-29-21-22(26)27-14-28-23(21)32/h14-15,17-19H,9-13,16H2,1-8H3,(H,31,34)(H2,26,27,28). The highest BCUT2D eigenvalue weighted by molar-refractivity contribution is 7.56. The van der Waals surface area contributed by atoms with Crippen LogP contribution in [0.5, 0.6) is 0 Å². The molecule has 0 aliphatic rings. The molecular weight excluding hydrogens is 509 g/mol. The van der Waals surface area contributed by atoms with Crippen molar-refractivity contribution >= 4 is 36.2 Å². The molecule has 0 aliphatic carbocycles. The molecule has 0 amide bonds. The summed E-state index contributed by atoms with van der Waals surface area (Å²) in [4.78, 5) is 25.1. The van der Waals surface area contributed by atoms with E-state index in [1.165, 1.54) is 6.33 Å². The summed E-state index contributed by atoms with van der Waals surface area (Å²) in [6.07, 6.45) is 4.33. The van der Waals surface area contributed by atoms with Gasteiger partial charge in [-0.2, -0.15) is 0 Å². The largest absolute Gasteiger partial charge is 0.464 e. The Morgan fingerprint density at radius 1 is 1.16 bits per heavy atom. The first kappa shape index (κ1) is 31.7. The number of fused-ring (bicyclic) bond motifs is 1. The maximum Gasteiger partial charge on any atom is 0.365 e. The molecule has 0 saturated carbocycles. The molecule has 2 aromatic heterocycles. The fraction of sp³-hybridized carbons (Fsp3) is 0.720. The summed E-state index contributed by atoms with van der Waals surface area (Å²) in [5.74, 6) is 0.455. The summed E-state index contributed by atoms with van der Waals surface area (Å²) >= 11 is 0. The van der Waals surface area contributed by atoms with E-state index in [1.807, 2.05) is 13.8 Å². The topological polar surface area (TPSA) is 156 Å². The zero-order valence-electron chi connectivity index (χ0n) is 23.9. The number of aromatic nitrogens is 4. The van der Waals surface area contributed by atoms with Crippen LogP contribution in [0.4, 0.5) is 5.82 Å². The number of ether oxygens (including phenoxy) is 2. The molecule has 0 spiro atoms. The van der Waals surface area contributed by atoms with Crippen molar-refractivity contribution in [1.29, 1.82) is 0 Å². The first-order chi connectivity index (χ1) is 17.8. The second-order valence-corrected chi connectivity index (χ2v) is 12.9. The zero-order valence-corrected chi connectivity index (χ0v) is 24.8. The summed E-state index contributed by atoms with van der Waals surface area (Å²) in [5.41, 5.74) is 6.46. The van der Waals surface area contributed by atoms with Crippen LogP contribution in [0.3, 0.4) is 0 Å². The van der Waals surface area contributed by atoms with Crippen LogP contribution in [0, 0.1) is 11.8 Å². The Kier molecular flexibility index (Phi) is 11.7. The highest BCUT2D eigenvalue weighted by Gasteiger charge is 2.40. The number of oxime groups is 1. The smallest absolute Gasteiger partial charge is 0.365 e. The number of hydrogen-bond acceptors (Lipinski definition) is 10. The average molecular weight is 554 g/mol. The Bertz CT molecular complexity index is 1120. The SMILES string of the molecule is CCCOC(=O)C(C)(C)NP(=O)(COC(C)Cn1cnc2c(N)ncnc21)ON=C(CC(C)C)CC(C)C. The zero-order chi connectivity index (χ0) is 28.5. The van der Waals surface area contributed by atoms with Gasteiger partial charge in [0.15, 0.2) is 11.5 Å². The molecule has 0 aromatic carbocycles. The fourth-order valence-corrected chi connectivity index (χ4v) is 5.53. The van der Waals surface area contributed by atoms with Gasteiger partial charge in [0.05, 0.1) is 31.3 Å². The van der Waals surface area contributed by atoms with E-state index < -0.39 is 25.1 Å². The number of hydrogen-bond donors (Lipinski definition) is 2. The van der Waals surface area contributed by atoms with Crippen LogP contribution in [-0.4, -0.2) is 55.8 Å². The Balaban J connectivity index is 2.22. The number of nitrogens with zero attached hydrogens (tertiary/aromatic N) is 5. The lowest BCUT2D eigenvalue weighted by Gasteiger charge is -2.29. The van der Waals surface area contributed by atoms with Gasteiger partial charge in [-0.3, -0.25) is 9.36 Å². The molecule has 214 valence electrons. The Labute approximate surface area is 225 Å². The molecule has 0 aliphatic heterocycles. The van der Waals surface area contributed by atoms with E-state index in [-0.39, 0.29) is 18.8 Å². The van der Waals surface area contributed by atoms with Crippen molar-refractivity contribution in [2.24, 2.45) is 17.0 Å². The highest BCUT2D eigenvalue weighted by atomic mass is 31.2. The van der Waals surface area contributed by atoms with Gasteiger partial charge in [-0.15, -0.1) is 0 Å². The second-order valence-electron chi connectivity index (χ2n) is 10.9. The van der Waals surface area contributed by atoms with Crippen molar-refractivity contribution in [3.05, 3.63) is 12.7 Å². The maximum atomic E-state index is 14.0. The van der Waals surface area contributed by atoms with Gasteiger partial charge in [-0.05, 0) is 51.9 Å². The van der Waals surface area contributed by atoms with Crippen molar-refractivity contribution in [2.75, 3.05) is 18.7 Å². The molecule has 2 atom stereocenters. The van der Waals surface area contributed by atoms with Gasteiger partial charge >= 0.3 is 13.5 Å². The molecule has 0 saturated heterocycles. The van der Waals surface area contributed by atoms with Crippen molar-refractivity contribution in [2.45, 2.75) is 92.8 Å². The Morgan fingerprint density at radius 2 is 1.82 bits per heavy atom. The summed E-state index contributed by atoms with van der Waals surface area (Å²) in [6, 6.07) is 0. The second kappa shape index (κ2) is 14.0. The monoisotopic (exact) mass is 553 g/mol. The van der Waals surface area contributed by atoms with Gasteiger partial charge in [0.2, 0.25) is 0 Å². The van der Waals surface area contributed by atoms with Crippen molar-refractivity contribution in [3.63, 3.8) is 0 Å². The Hall–Kier alpha value is -2.56. The van der Waals surface area contributed by atoms with Gasteiger partial charge in [-0.25, -0.2) is 20.0 Å². The molecule has 2 aromatic rings. The van der Waals surface area contributed by atoms with E-state index in [2.05, 4.69) is 52.9 Å². The summed E-state index contributed by atoms with van der Waals surface area (Å²) < 4.78 is 32.8. The normalized spacial score (nSPS) is 14.5. The maximum absolute atomic E-state index is 14.0. The minimum atomic E-state index is -3.80. The van der Waals surface area contributed by atoms with Gasteiger partial charge < -0.3 is 24.4 Å². The average Bonchev–Trinajstić information content (AvgIpc) is 3.23. The minimum absolute atomic E-state index is 0.265. The van der Waals surface area contributed by atoms with Crippen molar-refractivity contribution in [1.82, 2.24) is 24.6 Å². The summed E-state index contributed by atoms with van der Waals surface area (Å²) in [7, 11) is -3.80. The molecule has 2 rings (SSSR count). The van der Waals surface area contributed by atoms with E-state index in [4.69, 9.17) is 19.8 Å². The lowest BCUT2D eigenvalue weighted by Crippen LogP contribution is -2.46. The van der Waals surface area contributed by atoms with Crippen LogP contribution in [0.2, 0.25) is 0 Å². The van der Waals surface area contributed by atoms with Crippen LogP contribution in [-0.2, 0) is 30.0 Å². The van der Waals surface area contributed by atoms with Crippen LogP contribution in [0.1, 0.15) is 74.7 Å². The number of nitrogens with two attached hydrogens (primary N) is 1. The first-order valence-corrected chi connectivity index (χ1v) is 14.9. The quantitative estimate of drug-likeness (QED) is 0.129. The van der Waals surface area contributed by atoms with Gasteiger partial charge in [0.25, 0.3) is 0 Å². The molecule has 38 heavy (non-hydrogen) atoms. The number of esters is 1. The third kappa shape index (κ3) is 9.63. The van der Waals surface area contributed by atoms with Crippen LogP contribution in [0.25, 0.3) is 11.2 Å². The van der Waals surface area contributed by atoms with E-state index in [0.29, 0.717) is 48.8 Å². The third-order valence-electron chi connectivity index (χ3n) is 5.40. The number of nitrogens with one attached hydrogen (secondary N) is 1. The molecule has 0 radical (unpaired) electrons. The minimum Gasteiger partial charge on any atom is -0.464 e. The number of anilines is 1.